The van der Waals surface area contributed by atoms with Gasteiger partial charge in [-0.1, -0.05) is 35.5 Å². The minimum atomic E-state index is 0.0737. The molecule has 7 heteroatoms. The van der Waals surface area contributed by atoms with E-state index in [1.165, 1.54) is 5.56 Å². The summed E-state index contributed by atoms with van der Waals surface area (Å²) in [6.07, 6.45) is 4.62. The number of aryl methyl sites for hydroxylation is 2. The van der Waals surface area contributed by atoms with Crippen LogP contribution in [0.5, 0.6) is 0 Å². The first-order valence-corrected chi connectivity index (χ1v) is 10.0. The molecule has 29 heavy (non-hydrogen) atoms. The van der Waals surface area contributed by atoms with Crippen molar-refractivity contribution < 1.29 is 14.0 Å². The Morgan fingerprint density at radius 2 is 1.97 bits per heavy atom. The molecule has 0 saturated carbocycles. The molecule has 0 amide bonds. The monoisotopic (exact) mass is 394 g/mol. The van der Waals surface area contributed by atoms with Crippen LogP contribution in [0.1, 0.15) is 17.8 Å². The van der Waals surface area contributed by atoms with E-state index in [2.05, 4.69) is 44.3 Å². The zero-order chi connectivity index (χ0) is 19.9. The number of pyridine rings is 1. The van der Waals surface area contributed by atoms with Gasteiger partial charge in [-0.2, -0.15) is 4.98 Å². The van der Waals surface area contributed by atoms with Crippen molar-refractivity contribution in [2.45, 2.75) is 25.4 Å². The summed E-state index contributed by atoms with van der Waals surface area (Å²) in [5, 5.41) is 4.10. The Morgan fingerprint density at radius 1 is 1.07 bits per heavy atom. The molecule has 1 atom stereocenters. The van der Waals surface area contributed by atoms with E-state index in [9.17, 15) is 0 Å². The van der Waals surface area contributed by atoms with Gasteiger partial charge in [0, 0.05) is 26.2 Å². The fourth-order valence-corrected chi connectivity index (χ4v) is 3.35. The molecule has 3 aromatic rings. The van der Waals surface area contributed by atoms with E-state index in [-0.39, 0.29) is 6.10 Å². The van der Waals surface area contributed by atoms with Gasteiger partial charge in [-0.15, -0.1) is 0 Å². The standard InChI is InChI=1S/C22H26N4O3/c1-26(15-19-16-27-12-13-28-19)21-11-10-18(14-23-21)22-24-20(25-29-22)9-5-8-17-6-3-2-4-7-17/h2-4,6-7,10-11,14,19H,5,8-9,12-13,15-16H2,1H3/t19-/m1/s1. The smallest absolute Gasteiger partial charge is 0.259 e. The zero-order valence-corrected chi connectivity index (χ0v) is 16.7. The van der Waals surface area contributed by atoms with E-state index in [0.29, 0.717) is 25.7 Å². The van der Waals surface area contributed by atoms with Crippen molar-refractivity contribution in [3.05, 3.63) is 60.0 Å². The van der Waals surface area contributed by atoms with Crippen LogP contribution in [-0.4, -0.2) is 54.6 Å². The topological polar surface area (TPSA) is 73.5 Å². The lowest BCUT2D eigenvalue weighted by molar-refractivity contribution is -0.0837. The van der Waals surface area contributed by atoms with Crippen molar-refractivity contribution in [1.29, 1.82) is 0 Å². The third kappa shape index (κ3) is 5.40. The minimum Gasteiger partial charge on any atom is -0.376 e. The van der Waals surface area contributed by atoms with Crippen LogP contribution in [0.4, 0.5) is 5.82 Å². The maximum absolute atomic E-state index is 5.70. The molecular formula is C22H26N4O3. The Labute approximate surface area is 170 Å². The molecule has 4 rings (SSSR count). The lowest BCUT2D eigenvalue weighted by atomic mass is 10.1. The zero-order valence-electron chi connectivity index (χ0n) is 16.7. The van der Waals surface area contributed by atoms with Gasteiger partial charge in [0.2, 0.25) is 0 Å². The molecule has 1 aromatic carbocycles. The van der Waals surface area contributed by atoms with E-state index in [1.54, 1.807) is 6.20 Å². The number of likely N-dealkylation sites (N-methyl/N-ethyl adjacent to an activating group) is 1. The molecule has 1 aliphatic rings. The highest BCUT2D eigenvalue weighted by Gasteiger charge is 2.17. The van der Waals surface area contributed by atoms with Gasteiger partial charge in [0.05, 0.1) is 31.5 Å². The molecule has 3 heterocycles. The van der Waals surface area contributed by atoms with Gasteiger partial charge in [-0.3, -0.25) is 0 Å². The first kappa shape index (κ1) is 19.5. The quantitative estimate of drug-likeness (QED) is 0.581. The molecule has 0 spiro atoms. The summed E-state index contributed by atoms with van der Waals surface area (Å²) in [5.41, 5.74) is 2.14. The molecule has 2 aromatic heterocycles. The van der Waals surface area contributed by atoms with Crippen molar-refractivity contribution in [2.24, 2.45) is 0 Å². The van der Waals surface area contributed by atoms with Gasteiger partial charge >= 0.3 is 0 Å². The van der Waals surface area contributed by atoms with Crippen molar-refractivity contribution >= 4 is 5.82 Å². The summed E-state index contributed by atoms with van der Waals surface area (Å²) >= 11 is 0. The maximum Gasteiger partial charge on any atom is 0.259 e. The molecular weight excluding hydrogens is 368 g/mol. The van der Waals surface area contributed by atoms with Gasteiger partial charge in [-0.25, -0.2) is 4.98 Å². The Bertz CT molecular complexity index is 877. The van der Waals surface area contributed by atoms with Gasteiger partial charge in [-0.05, 0) is 30.5 Å². The summed E-state index contributed by atoms with van der Waals surface area (Å²) in [6.45, 7) is 2.68. The van der Waals surface area contributed by atoms with E-state index < -0.39 is 0 Å². The molecule has 1 fully saturated rings. The number of ether oxygens (including phenoxy) is 2. The third-order valence-electron chi connectivity index (χ3n) is 4.93. The minimum absolute atomic E-state index is 0.0737. The number of hydrogen-bond donors (Lipinski definition) is 0. The largest absolute Gasteiger partial charge is 0.376 e. The lowest BCUT2D eigenvalue weighted by Gasteiger charge is -2.28. The van der Waals surface area contributed by atoms with Crippen LogP contribution in [0.15, 0.2) is 53.2 Å². The third-order valence-corrected chi connectivity index (χ3v) is 4.93. The summed E-state index contributed by atoms with van der Waals surface area (Å²) in [5.74, 6) is 2.10. The molecule has 0 radical (unpaired) electrons. The Kier molecular flexibility index (Phi) is 6.49. The van der Waals surface area contributed by atoms with Gasteiger partial charge in [0.25, 0.3) is 5.89 Å². The number of anilines is 1. The second-order valence-corrected chi connectivity index (χ2v) is 7.21. The Hall–Kier alpha value is -2.77. The molecule has 7 nitrogen and oxygen atoms in total. The highest BCUT2D eigenvalue weighted by atomic mass is 16.6. The highest BCUT2D eigenvalue weighted by Crippen LogP contribution is 2.20. The molecule has 0 bridgehead atoms. The predicted octanol–water partition coefficient (Wildman–Crippen LogP) is 3.16. The molecule has 1 saturated heterocycles. The van der Waals surface area contributed by atoms with Gasteiger partial charge < -0.3 is 18.9 Å². The summed E-state index contributed by atoms with van der Waals surface area (Å²) in [4.78, 5) is 11.1. The van der Waals surface area contributed by atoms with Gasteiger partial charge in [0.15, 0.2) is 5.82 Å². The average molecular weight is 394 g/mol. The molecule has 0 aliphatic carbocycles. The van der Waals surface area contributed by atoms with Crippen LogP contribution in [0, 0.1) is 0 Å². The number of aromatic nitrogens is 3. The molecule has 152 valence electrons. The normalized spacial score (nSPS) is 16.7. The maximum atomic E-state index is 5.70. The van der Waals surface area contributed by atoms with Crippen molar-refractivity contribution in [3.8, 4) is 11.5 Å². The Morgan fingerprint density at radius 3 is 2.72 bits per heavy atom. The van der Waals surface area contributed by atoms with Crippen LogP contribution in [0.3, 0.4) is 0 Å². The van der Waals surface area contributed by atoms with E-state index in [4.69, 9.17) is 14.0 Å². The summed E-state index contributed by atoms with van der Waals surface area (Å²) < 4.78 is 16.6. The van der Waals surface area contributed by atoms with Crippen molar-refractivity contribution in [3.63, 3.8) is 0 Å². The molecule has 1 aliphatic heterocycles. The summed E-state index contributed by atoms with van der Waals surface area (Å²) in [7, 11) is 2.00. The van der Waals surface area contributed by atoms with E-state index in [1.807, 2.05) is 25.2 Å². The predicted molar refractivity (Wildman–Crippen MR) is 110 cm³/mol. The second-order valence-electron chi connectivity index (χ2n) is 7.21. The number of hydrogen-bond acceptors (Lipinski definition) is 7. The average Bonchev–Trinajstić information content (AvgIpc) is 3.24. The number of rotatable bonds is 8. The number of benzene rings is 1. The fraction of sp³-hybridized carbons (Fsp3) is 0.409. The van der Waals surface area contributed by atoms with Gasteiger partial charge in [0.1, 0.15) is 5.82 Å². The molecule has 0 N–H and O–H groups in total. The molecule has 0 unspecified atom stereocenters. The highest BCUT2D eigenvalue weighted by molar-refractivity contribution is 5.54. The van der Waals surface area contributed by atoms with E-state index in [0.717, 1.165) is 43.0 Å². The van der Waals surface area contributed by atoms with Crippen LogP contribution in [0.2, 0.25) is 0 Å². The van der Waals surface area contributed by atoms with Crippen molar-refractivity contribution in [2.75, 3.05) is 38.3 Å². The first-order valence-electron chi connectivity index (χ1n) is 10.0. The van der Waals surface area contributed by atoms with Crippen molar-refractivity contribution in [1.82, 2.24) is 15.1 Å². The van der Waals surface area contributed by atoms with Crippen LogP contribution >= 0.6 is 0 Å². The van der Waals surface area contributed by atoms with E-state index >= 15 is 0 Å². The fourth-order valence-electron chi connectivity index (χ4n) is 3.35. The van der Waals surface area contributed by atoms with Crippen LogP contribution < -0.4 is 4.90 Å². The van der Waals surface area contributed by atoms with Crippen LogP contribution in [0.25, 0.3) is 11.5 Å². The first-order chi connectivity index (χ1) is 14.3. The van der Waals surface area contributed by atoms with Crippen LogP contribution in [-0.2, 0) is 22.3 Å². The second kappa shape index (κ2) is 9.62. The Balaban J connectivity index is 1.30. The lowest BCUT2D eigenvalue weighted by Crippen LogP contribution is -2.38. The SMILES string of the molecule is CN(C[C@@H]1COCCO1)c1ccc(-c2nc(CCCc3ccccc3)no2)cn1. The summed E-state index contributed by atoms with van der Waals surface area (Å²) in [6, 6.07) is 14.3. The number of nitrogens with zero attached hydrogens (tertiary/aromatic N) is 4.